The molecule has 0 unspecified atom stereocenters. The lowest BCUT2D eigenvalue weighted by Gasteiger charge is -2.07. The van der Waals surface area contributed by atoms with Crippen molar-refractivity contribution < 1.29 is 14.3 Å². The van der Waals surface area contributed by atoms with Crippen LogP contribution in [0.5, 0.6) is 11.5 Å². The lowest BCUT2D eigenvalue weighted by Crippen LogP contribution is -2.09. The molecule has 31 heavy (non-hydrogen) atoms. The van der Waals surface area contributed by atoms with Gasteiger partial charge in [-0.2, -0.15) is 0 Å². The fourth-order valence-electron chi connectivity index (χ4n) is 2.92. The van der Waals surface area contributed by atoms with Gasteiger partial charge in [-0.3, -0.25) is 0 Å². The van der Waals surface area contributed by atoms with Gasteiger partial charge >= 0.3 is 5.97 Å². The molecule has 0 spiro atoms. The summed E-state index contributed by atoms with van der Waals surface area (Å²) in [6.07, 6.45) is -0.141. The first-order valence-corrected chi connectivity index (χ1v) is 11.5. The SMILES string of the molecule is Cc1sc(C(=O)OC(C)C)cc1-c1csc(Nc2ccc(Oc3ccccc3)cc2)n1. The van der Waals surface area contributed by atoms with Crippen molar-refractivity contribution >= 4 is 39.5 Å². The number of hydrogen-bond acceptors (Lipinski definition) is 7. The van der Waals surface area contributed by atoms with E-state index in [0.29, 0.717) is 4.88 Å². The second kappa shape index (κ2) is 9.32. The van der Waals surface area contributed by atoms with E-state index in [0.717, 1.165) is 38.5 Å². The predicted molar refractivity (Wildman–Crippen MR) is 127 cm³/mol. The van der Waals surface area contributed by atoms with Crippen LogP contribution in [0.2, 0.25) is 0 Å². The highest BCUT2D eigenvalue weighted by atomic mass is 32.1. The molecule has 0 aliphatic carbocycles. The summed E-state index contributed by atoms with van der Waals surface area (Å²) in [6.45, 7) is 5.68. The number of aromatic nitrogens is 1. The topological polar surface area (TPSA) is 60.5 Å². The van der Waals surface area contributed by atoms with Gasteiger partial charge in [0.05, 0.1) is 11.8 Å². The molecule has 0 atom stereocenters. The largest absolute Gasteiger partial charge is 0.459 e. The van der Waals surface area contributed by atoms with Crippen LogP contribution in [0.4, 0.5) is 10.8 Å². The Hall–Kier alpha value is -3.16. The third-order valence-electron chi connectivity index (χ3n) is 4.33. The number of nitrogens with zero attached hydrogens (tertiary/aromatic N) is 1. The van der Waals surface area contributed by atoms with Gasteiger partial charge in [0.2, 0.25) is 0 Å². The number of hydrogen-bond donors (Lipinski definition) is 1. The van der Waals surface area contributed by atoms with Crippen molar-refractivity contribution in [3.63, 3.8) is 0 Å². The lowest BCUT2D eigenvalue weighted by molar-refractivity contribution is 0.0384. The number of carbonyl (C=O) groups excluding carboxylic acids is 1. The molecule has 0 fully saturated rings. The van der Waals surface area contributed by atoms with E-state index < -0.39 is 0 Å². The maximum atomic E-state index is 12.2. The minimum Gasteiger partial charge on any atom is -0.459 e. The zero-order valence-corrected chi connectivity index (χ0v) is 19.0. The van der Waals surface area contributed by atoms with Crippen molar-refractivity contribution in [1.82, 2.24) is 4.98 Å². The molecule has 5 nitrogen and oxygen atoms in total. The number of thiazole rings is 1. The van der Waals surface area contributed by atoms with E-state index >= 15 is 0 Å². The lowest BCUT2D eigenvalue weighted by atomic mass is 10.2. The molecular weight excluding hydrogens is 428 g/mol. The fraction of sp³-hybridized carbons (Fsp3) is 0.167. The van der Waals surface area contributed by atoms with Crippen molar-refractivity contribution in [3.8, 4) is 22.8 Å². The van der Waals surface area contributed by atoms with Gasteiger partial charge in [0.15, 0.2) is 5.13 Å². The Labute approximate surface area is 189 Å². The molecule has 0 aliphatic heterocycles. The summed E-state index contributed by atoms with van der Waals surface area (Å²) in [6, 6.07) is 19.3. The highest BCUT2D eigenvalue weighted by molar-refractivity contribution is 7.15. The van der Waals surface area contributed by atoms with Crippen LogP contribution in [0.3, 0.4) is 0 Å². The fourth-order valence-corrected chi connectivity index (χ4v) is 4.56. The van der Waals surface area contributed by atoms with Crippen LogP contribution in [0.1, 0.15) is 28.4 Å². The molecule has 0 saturated carbocycles. The zero-order valence-electron chi connectivity index (χ0n) is 17.4. The molecule has 4 rings (SSSR count). The third-order valence-corrected chi connectivity index (χ3v) is 6.11. The van der Waals surface area contributed by atoms with Gasteiger partial charge in [0.1, 0.15) is 16.4 Å². The summed E-state index contributed by atoms with van der Waals surface area (Å²) < 4.78 is 11.1. The van der Waals surface area contributed by atoms with Crippen LogP contribution in [0, 0.1) is 6.92 Å². The third kappa shape index (κ3) is 5.31. The molecule has 2 aromatic heterocycles. The van der Waals surface area contributed by atoms with Gasteiger partial charge in [0, 0.05) is 21.5 Å². The number of rotatable bonds is 7. The Morgan fingerprint density at radius 2 is 1.74 bits per heavy atom. The van der Waals surface area contributed by atoms with Crippen molar-refractivity contribution in [3.05, 3.63) is 75.8 Å². The molecule has 158 valence electrons. The number of benzene rings is 2. The summed E-state index contributed by atoms with van der Waals surface area (Å²) in [5.74, 6) is 1.28. The molecule has 2 heterocycles. The van der Waals surface area contributed by atoms with Gasteiger partial charge in [-0.15, -0.1) is 22.7 Å². The number of para-hydroxylation sites is 1. The summed E-state index contributed by atoms with van der Waals surface area (Å²) >= 11 is 2.95. The van der Waals surface area contributed by atoms with Crippen molar-refractivity contribution in [2.75, 3.05) is 5.32 Å². The molecular formula is C24H22N2O3S2. The highest BCUT2D eigenvalue weighted by Gasteiger charge is 2.17. The first-order valence-electron chi connectivity index (χ1n) is 9.85. The molecule has 0 aliphatic rings. The van der Waals surface area contributed by atoms with Crippen LogP contribution in [-0.4, -0.2) is 17.1 Å². The summed E-state index contributed by atoms with van der Waals surface area (Å²) in [7, 11) is 0. The highest BCUT2D eigenvalue weighted by Crippen LogP contribution is 2.34. The minimum atomic E-state index is -0.291. The van der Waals surface area contributed by atoms with E-state index in [2.05, 4.69) is 5.32 Å². The second-order valence-electron chi connectivity index (χ2n) is 7.14. The van der Waals surface area contributed by atoms with E-state index in [1.807, 2.05) is 86.8 Å². The summed E-state index contributed by atoms with van der Waals surface area (Å²) in [4.78, 5) is 18.5. The predicted octanol–water partition coefficient (Wildman–Crippen LogP) is 7.28. The van der Waals surface area contributed by atoms with E-state index in [-0.39, 0.29) is 12.1 Å². The van der Waals surface area contributed by atoms with Crippen LogP contribution in [0.15, 0.2) is 66.0 Å². The van der Waals surface area contributed by atoms with E-state index in [4.69, 9.17) is 14.5 Å². The van der Waals surface area contributed by atoms with Gasteiger partial charge in [-0.25, -0.2) is 9.78 Å². The van der Waals surface area contributed by atoms with E-state index in [1.54, 1.807) is 0 Å². The molecule has 0 radical (unpaired) electrons. The van der Waals surface area contributed by atoms with Crippen LogP contribution >= 0.6 is 22.7 Å². The van der Waals surface area contributed by atoms with Crippen molar-refractivity contribution in [2.45, 2.75) is 26.9 Å². The first kappa shape index (κ1) is 21.1. The summed E-state index contributed by atoms with van der Waals surface area (Å²) in [5.41, 5.74) is 2.72. The van der Waals surface area contributed by atoms with E-state index in [9.17, 15) is 4.79 Å². The maximum Gasteiger partial charge on any atom is 0.348 e. The Balaban J connectivity index is 1.44. The van der Waals surface area contributed by atoms with Crippen LogP contribution in [-0.2, 0) is 4.74 Å². The van der Waals surface area contributed by atoms with Crippen LogP contribution < -0.4 is 10.1 Å². The quantitative estimate of drug-likeness (QED) is 0.300. The van der Waals surface area contributed by atoms with E-state index in [1.165, 1.54) is 22.7 Å². The first-order chi connectivity index (χ1) is 15.0. The molecule has 1 N–H and O–H groups in total. The Kier molecular flexibility index (Phi) is 6.34. The standard InChI is InChI=1S/C24H22N2O3S2/c1-15(2)28-23(27)22-13-20(16(3)31-22)21-14-30-24(26-21)25-17-9-11-19(12-10-17)29-18-7-5-4-6-8-18/h4-15H,1-3H3,(H,25,26). The molecule has 2 aromatic carbocycles. The van der Waals surface area contributed by atoms with Gasteiger partial charge in [-0.1, -0.05) is 18.2 Å². The summed E-state index contributed by atoms with van der Waals surface area (Å²) in [5, 5.41) is 6.09. The van der Waals surface area contributed by atoms with Gasteiger partial charge in [-0.05, 0) is 63.2 Å². The Bertz CT molecular complexity index is 1170. The number of carbonyl (C=O) groups is 1. The molecule has 0 saturated heterocycles. The number of anilines is 2. The molecule has 0 bridgehead atoms. The monoisotopic (exact) mass is 450 g/mol. The van der Waals surface area contributed by atoms with Crippen molar-refractivity contribution in [1.29, 1.82) is 0 Å². The number of esters is 1. The minimum absolute atomic E-state index is 0.141. The van der Waals surface area contributed by atoms with Gasteiger partial charge < -0.3 is 14.8 Å². The molecule has 4 aromatic rings. The Morgan fingerprint density at radius 3 is 2.45 bits per heavy atom. The second-order valence-corrected chi connectivity index (χ2v) is 9.25. The average Bonchev–Trinajstić information content (AvgIpc) is 3.36. The maximum absolute atomic E-state index is 12.2. The number of thiophene rings is 1. The smallest absolute Gasteiger partial charge is 0.348 e. The van der Waals surface area contributed by atoms with Gasteiger partial charge in [0.25, 0.3) is 0 Å². The number of aryl methyl sites for hydroxylation is 1. The zero-order chi connectivity index (χ0) is 21.8. The molecule has 0 amide bonds. The number of nitrogens with one attached hydrogen (secondary N) is 1. The average molecular weight is 451 g/mol. The Morgan fingerprint density at radius 1 is 1.03 bits per heavy atom. The normalized spacial score (nSPS) is 10.8. The van der Waals surface area contributed by atoms with Crippen LogP contribution in [0.25, 0.3) is 11.3 Å². The van der Waals surface area contributed by atoms with Crippen molar-refractivity contribution in [2.24, 2.45) is 0 Å². The number of ether oxygens (including phenoxy) is 2. The molecule has 7 heteroatoms.